The van der Waals surface area contributed by atoms with Gasteiger partial charge in [-0.05, 0) is 56.8 Å². The number of hydrogen-bond donors (Lipinski definition) is 1. The second-order valence-electron chi connectivity index (χ2n) is 7.31. The summed E-state index contributed by atoms with van der Waals surface area (Å²) in [5.41, 5.74) is -0.594. The highest BCUT2D eigenvalue weighted by Crippen LogP contribution is 2.54. The summed E-state index contributed by atoms with van der Waals surface area (Å²) >= 11 is 0. The summed E-state index contributed by atoms with van der Waals surface area (Å²) in [7, 11) is 0. The van der Waals surface area contributed by atoms with Gasteiger partial charge in [-0.1, -0.05) is 13.3 Å². The highest BCUT2D eigenvalue weighted by Gasteiger charge is 2.54. The Balaban J connectivity index is 1.78. The Labute approximate surface area is 127 Å². The molecule has 1 aliphatic carbocycles. The van der Waals surface area contributed by atoms with E-state index in [1.165, 1.54) is 0 Å². The van der Waals surface area contributed by atoms with Crippen molar-refractivity contribution < 1.29 is 19.4 Å². The van der Waals surface area contributed by atoms with Crippen LogP contribution in [0.2, 0.25) is 0 Å². The van der Waals surface area contributed by atoms with E-state index < -0.39 is 11.4 Å². The van der Waals surface area contributed by atoms with E-state index in [2.05, 4.69) is 6.92 Å². The van der Waals surface area contributed by atoms with Crippen molar-refractivity contribution in [2.24, 2.45) is 17.3 Å². The molecule has 0 aromatic heterocycles. The predicted octanol–water partition coefficient (Wildman–Crippen LogP) is 3.24. The molecule has 4 heteroatoms. The maximum atomic E-state index is 12.1. The van der Waals surface area contributed by atoms with Crippen molar-refractivity contribution >= 4 is 5.97 Å². The van der Waals surface area contributed by atoms with Gasteiger partial charge >= 0.3 is 5.97 Å². The molecule has 2 heterocycles. The molecule has 0 bridgehead atoms. The maximum absolute atomic E-state index is 12.1. The van der Waals surface area contributed by atoms with E-state index in [9.17, 15) is 9.90 Å². The second kappa shape index (κ2) is 5.88. The van der Waals surface area contributed by atoms with Crippen LogP contribution in [0.5, 0.6) is 0 Å². The van der Waals surface area contributed by atoms with Gasteiger partial charge in [-0.3, -0.25) is 4.79 Å². The Morgan fingerprint density at radius 2 is 1.90 bits per heavy atom. The Bertz CT molecular complexity index is 383. The molecular weight excluding hydrogens is 268 g/mol. The zero-order chi connectivity index (χ0) is 14.9. The summed E-state index contributed by atoms with van der Waals surface area (Å²) in [5, 5.41) is 9.95. The van der Waals surface area contributed by atoms with Crippen molar-refractivity contribution in [3.05, 3.63) is 0 Å². The van der Waals surface area contributed by atoms with Crippen LogP contribution in [-0.4, -0.2) is 36.5 Å². The highest BCUT2D eigenvalue weighted by atomic mass is 16.5. The van der Waals surface area contributed by atoms with Gasteiger partial charge in [0.05, 0.1) is 11.0 Å². The quantitative estimate of drug-likeness (QED) is 0.868. The van der Waals surface area contributed by atoms with Gasteiger partial charge < -0.3 is 14.6 Å². The third kappa shape index (κ3) is 2.72. The van der Waals surface area contributed by atoms with Crippen LogP contribution in [0.25, 0.3) is 0 Å². The molecule has 21 heavy (non-hydrogen) atoms. The summed E-state index contributed by atoms with van der Waals surface area (Å²) in [6.45, 7) is 4.41. The molecule has 3 unspecified atom stereocenters. The minimum Gasteiger partial charge on any atom is -0.481 e. The van der Waals surface area contributed by atoms with Gasteiger partial charge in [0, 0.05) is 19.8 Å². The van der Waals surface area contributed by atoms with Crippen molar-refractivity contribution in [2.75, 3.05) is 19.8 Å². The number of aliphatic carboxylic acids is 1. The topological polar surface area (TPSA) is 55.8 Å². The smallest absolute Gasteiger partial charge is 0.309 e. The van der Waals surface area contributed by atoms with Crippen LogP contribution in [0.3, 0.4) is 0 Å². The van der Waals surface area contributed by atoms with Gasteiger partial charge in [0.15, 0.2) is 0 Å². The van der Waals surface area contributed by atoms with Crippen molar-refractivity contribution in [1.82, 2.24) is 0 Å². The fourth-order valence-corrected chi connectivity index (χ4v) is 4.86. The lowest BCUT2D eigenvalue weighted by molar-refractivity contribution is -0.176. The van der Waals surface area contributed by atoms with Crippen molar-refractivity contribution in [3.8, 4) is 0 Å². The van der Waals surface area contributed by atoms with Gasteiger partial charge in [0.1, 0.15) is 0 Å². The summed E-state index contributed by atoms with van der Waals surface area (Å²) < 4.78 is 11.6. The molecule has 2 saturated heterocycles. The number of hydrogen-bond acceptors (Lipinski definition) is 3. The molecule has 0 radical (unpaired) electrons. The number of carbonyl (C=O) groups is 1. The third-order valence-electron chi connectivity index (χ3n) is 6.33. The SMILES string of the molecule is CCC1CCC(C(=O)O)(C2CCOC3(CCOCC3)C2)C1. The van der Waals surface area contributed by atoms with E-state index in [0.717, 1.165) is 71.2 Å². The van der Waals surface area contributed by atoms with E-state index in [1.807, 2.05) is 0 Å². The fourth-order valence-electron chi connectivity index (χ4n) is 4.86. The van der Waals surface area contributed by atoms with Crippen LogP contribution in [-0.2, 0) is 14.3 Å². The molecule has 0 aromatic rings. The Kier molecular flexibility index (Phi) is 4.28. The first-order valence-corrected chi connectivity index (χ1v) is 8.55. The number of ether oxygens (including phenoxy) is 2. The van der Waals surface area contributed by atoms with Crippen LogP contribution in [0.1, 0.15) is 58.3 Å². The monoisotopic (exact) mass is 296 g/mol. The van der Waals surface area contributed by atoms with Crippen LogP contribution in [0, 0.1) is 17.3 Å². The Morgan fingerprint density at radius 3 is 2.52 bits per heavy atom. The molecule has 3 rings (SSSR count). The molecule has 120 valence electrons. The number of rotatable bonds is 3. The second-order valence-corrected chi connectivity index (χ2v) is 7.31. The summed E-state index contributed by atoms with van der Waals surface area (Å²) in [6, 6.07) is 0. The van der Waals surface area contributed by atoms with Gasteiger partial charge in [0.25, 0.3) is 0 Å². The standard InChI is InChI=1S/C17H28O4/c1-2-13-3-5-17(11-13,15(18)19)14-4-8-21-16(12-14)6-9-20-10-7-16/h13-14H,2-12H2,1H3,(H,18,19). The average molecular weight is 296 g/mol. The lowest BCUT2D eigenvalue weighted by Crippen LogP contribution is -2.49. The van der Waals surface area contributed by atoms with Gasteiger partial charge in [-0.25, -0.2) is 0 Å². The normalized spacial score (nSPS) is 39.5. The fraction of sp³-hybridized carbons (Fsp3) is 0.941. The largest absolute Gasteiger partial charge is 0.481 e. The lowest BCUT2D eigenvalue weighted by Gasteiger charge is -2.47. The first-order valence-electron chi connectivity index (χ1n) is 8.55. The predicted molar refractivity (Wildman–Crippen MR) is 79.2 cm³/mol. The molecule has 2 aliphatic heterocycles. The Morgan fingerprint density at radius 1 is 1.14 bits per heavy atom. The molecule has 3 atom stereocenters. The van der Waals surface area contributed by atoms with Crippen LogP contribution in [0.15, 0.2) is 0 Å². The van der Waals surface area contributed by atoms with E-state index in [-0.39, 0.29) is 11.5 Å². The Hall–Kier alpha value is -0.610. The molecule has 0 amide bonds. The van der Waals surface area contributed by atoms with E-state index in [0.29, 0.717) is 5.92 Å². The van der Waals surface area contributed by atoms with Crippen molar-refractivity contribution in [2.45, 2.75) is 63.9 Å². The molecule has 0 aromatic carbocycles. The average Bonchev–Trinajstić information content (AvgIpc) is 2.94. The third-order valence-corrected chi connectivity index (χ3v) is 6.33. The molecule has 1 N–H and O–H groups in total. The lowest BCUT2D eigenvalue weighted by atomic mass is 9.65. The summed E-state index contributed by atoms with van der Waals surface area (Å²) in [6.07, 6.45) is 7.60. The molecule has 1 saturated carbocycles. The zero-order valence-electron chi connectivity index (χ0n) is 13.1. The first kappa shape index (κ1) is 15.3. The molecule has 3 aliphatic rings. The van der Waals surface area contributed by atoms with Crippen LogP contribution in [0.4, 0.5) is 0 Å². The minimum atomic E-state index is -0.562. The van der Waals surface area contributed by atoms with Gasteiger partial charge in [-0.15, -0.1) is 0 Å². The number of carboxylic acids is 1. The van der Waals surface area contributed by atoms with Gasteiger partial charge in [0.2, 0.25) is 0 Å². The maximum Gasteiger partial charge on any atom is 0.309 e. The molecular formula is C17H28O4. The highest BCUT2D eigenvalue weighted by molar-refractivity contribution is 5.75. The summed E-state index contributed by atoms with van der Waals surface area (Å²) in [5.74, 6) is 0.306. The van der Waals surface area contributed by atoms with Crippen LogP contribution < -0.4 is 0 Å². The molecule has 1 spiro atoms. The van der Waals surface area contributed by atoms with Gasteiger partial charge in [-0.2, -0.15) is 0 Å². The van der Waals surface area contributed by atoms with Crippen molar-refractivity contribution in [3.63, 3.8) is 0 Å². The summed E-state index contributed by atoms with van der Waals surface area (Å²) in [4.78, 5) is 12.1. The van der Waals surface area contributed by atoms with E-state index in [4.69, 9.17) is 9.47 Å². The molecule has 3 fully saturated rings. The van der Waals surface area contributed by atoms with E-state index >= 15 is 0 Å². The first-order chi connectivity index (χ1) is 10.1. The minimum absolute atomic E-state index is 0.103. The van der Waals surface area contributed by atoms with E-state index in [1.54, 1.807) is 0 Å². The van der Waals surface area contributed by atoms with Crippen LogP contribution >= 0.6 is 0 Å². The molecule has 4 nitrogen and oxygen atoms in total. The zero-order valence-corrected chi connectivity index (χ0v) is 13.1. The van der Waals surface area contributed by atoms with Crippen molar-refractivity contribution in [1.29, 1.82) is 0 Å². The number of carboxylic acid groups (broad SMARTS) is 1.